The molecular formula is C11H5F3NO2-. The molecule has 17 heavy (non-hydrogen) atoms. The van der Waals surface area contributed by atoms with Crippen LogP contribution in [0.4, 0.5) is 13.2 Å². The molecule has 0 unspecified atom stereocenters. The van der Waals surface area contributed by atoms with Crippen LogP contribution in [-0.2, 0) is 6.18 Å². The molecule has 2 rings (SSSR count). The van der Waals surface area contributed by atoms with Gasteiger partial charge in [0.25, 0.3) is 0 Å². The highest BCUT2D eigenvalue weighted by molar-refractivity contribution is 5.90. The Hall–Kier alpha value is -2.11. The van der Waals surface area contributed by atoms with Crippen molar-refractivity contribution in [1.82, 2.24) is 4.98 Å². The van der Waals surface area contributed by atoms with E-state index in [-0.39, 0.29) is 10.9 Å². The first kappa shape index (κ1) is 11.4. The fraction of sp³-hybridized carbons (Fsp3) is 0.0909. The molecule has 0 N–H and O–H groups in total. The summed E-state index contributed by atoms with van der Waals surface area (Å²) in [6.07, 6.45) is -4.63. The van der Waals surface area contributed by atoms with E-state index >= 15 is 0 Å². The van der Waals surface area contributed by atoms with Crippen molar-refractivity contribution in [3.63, 3.8) is 0 Å². The van der Waals surface area contributed by atoms with Crippen molar-refractivity contribution in [2.45, 2.75) is 6.18 Å². The van der Waals surface area contributed by atoms with E-state index in [9.17, 15) is 23.1 Å². The SMILES string of the molecule is O=C([O-])c1cc(C(F)(F)F)c2ccccc2n1. The molecule has 0 fully saturated rings. The van der Waals surface area contributed by atoms with E-state index in [4.69, 9.17) is 0 Å². The number of nitrogens with zero attached hydrogens (tertiary/aromatic N) is 1. The first-order valence-corrected chi connectivity index (χ1v) is 4.58. The molecule has 0 saturated carbocycles. The standard InChI is InChI=1S/C11H6F3NO2/c12-11(13,14)7-5-9(10(16)17)15-8-4-2-1-3-6(7)8/h1-5H,(H,16,17)/p-1. The Bertz CT molecular complexity index is 593. The number of fused-ring (bicyclic) bond motifs is 1. The van der Waals surface area contributed by atoms with E-state index in [0.29, 0.717) is 6.07 Å². The summed E-state index contributed by atoms with van der Waals surface area (Å²) < 4.78 is 38.2. The monoisotopic (exact) mass is 240 g/mol. The van der Waals surface area contributed by atoms with Crippen LogP contribution in [0.25, 0.3) is 10.9 Å². The molecular weight excluding hydrogens is 235 g/mol. The van der Waals surface area contributed by atoms with E-state index in [0.717, 1.165) is 0 Å². The third-order valence-electron chi connectivity index (χ3n) is 2.23. The maximum absolute atomic E-state index is 12.7. The van der Waals surface area contributed by atoms with Gasteiger partial charge in [-0.2, -0.15) is 13.2 Å². The normalized spacial score (nSPS) is 11.7. The summed E-state index contributed by atoms with van der Waals surface area (Å²) in [7, 11) is 0. The van der Waals surface area contributed by atoms with Gasteiger partial charge in [0.05, 0.1) is 22.7 Å². The lowest BCUT2D eigenvalue weighted by Crippen LogP contribution is -2.24. The van der Waals surface area contributed by atoms with E-state index in [1.165, 1.54) is 24.3 Å². The maximum atomic E-state index is 12.7. The Labute approximate surface area is 93.5 Å². The van der Waals surface area contributed by atoms with Crippen LogP contribution in [-0.4, -0.2) is 11.0 Å². The van der Waals surface area contributed by atoms with Gasteiger partial charge < -0.3 is 9.90 Å². The Morgan fingerprint density at radius 3 is 2.47 bits per heavy atom. The zero-order chi connectivity index (χ0) is 12.6. The lowest BCUT2D eigenvalue weighted by atomic mass is 10.1. The van der Waals surface area contributed by atoms with Gasteiger partial charge in [0.15, 0.2) is 0 Å². The average Bonchev–Trinajstić information content (AvgIpc) is 2.26. The second-order valence-corrected chi connectivity index (χ2v) is 3.36. The summed E-state index contributed by atoms with van der Waals surface area (Å²) in [5.41, 5.74) is -1.78. The average molecular weight is 240 g/mol. The number of carbonyl (C=O) groups is 1. The number of aromatic nitrogens is 1. The molecule has 88 valence electrons. The third kappa shape index (κ3) is 2.06. The highest BCUT2D eigenvalue weighted by atomic mass is 19.4. The minimum Gasteiger partial charge on any atom is -0.543 e. The van der Waals surface area contributed by atoms with Crippen molar-refractivity contribution in [3.05, 3.63) is 41.6 Å². The van der Waals surface area contributed by atoms with E-state index < -0.39 is 23.4 Å². The summed E-state index contributed by atoms with van der Waals surface area (Å²) in [6, 6.07) is 5.95. The number of halogens is 3. The summed E-state index contributed by atoms with van der Waals surface area (Å²) in [5, 5.41) is 10.4. The minimum absolute atomic E-state index is 0.0264. The Balaban J connectivity index is 2.83. The molecule has 0 aliphatic rings. The number of carboxylic acids is 1. The molecule has 0 aliphatic carbocycles. The maximum Gasteiger partial charge on any atom is 0.417 e. The van der Waals surface area contributed by atoms with Gasteiger partial charge in [0.1, 0.15) is 0 Å². The highest BCUT2D eigenvalue weighted by Crippen LogP contribution is 2.34. The number of alkyl halides is 3. The van der Waals surface area contributed by atoms with Crippen LogP contribution in [0.1, 0.15) is 16.1 Å². The van der Waals surface area contributed by atoms with Gasteiger partial charge in [0, 0.05) is 5.39 Å². The smallest absolute Gasteiger partial charge is 0.417 e. The number of para-hydroxylation sites is 1. The van der Waals surface area contributed by atoms with Crippen molar-refractivity contribution < 1.29 is 23.1 Å². The second-order valence-electron chi connectivity index (χ2n) is 3.36. The van der Waals surface area contributed by atoms with Gasteiger partial charge in [-0.1, -0.05) is 18.2 Å². The van der Waals surface area contributed by atoms with Crippen LogP contribution in [0, 0.1) is 0 Å². The summed E-state index contributed by atoms with van der Waals surface area (Å²) >= 11 is 0. The quantitative estimate of drug-likeness (QED) is 0.761. The van der Waals surface area contributed by atoms with Gasteiger partial charge in [-0.25, -0.2) is 4.98 Å². The van der Waals surface area contributed by atoms with Crippen LogP contribution in [0.3, 0.4) is 0 Å². The molecule has 1 aromatic carbocycles. The van der Waals surface area contributed by atoms with Gasteiger partial charge in [0.2, 0.25) is 0 Å². The summed E-state index contributed by atoms with van der Waals surface area (Å²) in [4.78, 5) is 14.2. The number of hydrogen-bond acceptors (Lipinski definition) is 3. The van der Waals surface area contributed by atoms with Gasteiger partial charge in [-0.3, -0.25) is 0 Å². The van der Waals surface area contributed by atoms with E-state index in [1.54, 1.807) is 0 Å². The fourth-order valence-electron chi connectivity index (χ4n) is 1.51. The van der Waals surface area contributed by atoms with Crippen LogP contribution in [0.2, 0.25) is 0 Å². The number of benzene rings is 1. The molecule has 0 saturated heterocycles. The Kier molecular flexibility index (Phi) is 2.49. The number of aromatic carboxylic acids is 1. The van der Waals surface area contributed by atoms with Gasteiger partial charge >= 0.3 is 6.18 Å². The van der Waals surface area contributed by atoms with Crippen molar-refractivity contribution >= 4 is 16.9 Å². The third-order valence-corrected chi connectivity index (χ3v) is 2.23. The molecule has 0 spiro atoms. The molecule has 1 heterocycles. The Morgan fingerprint density at radius 1 is 1.24 bits per heavy atom. The Morgan fingerprint density at radius 2 is 1.88 bits per heavy atom. The molecule has 3 nitrogen and oxygen atoms in total. The van der Waals surface area contributed by atoms with Crippen LogP contribution < -0.4 is 5.11 Å². The molecule has 2 aromatic rings. The van der Waals surface area contributed by atoms with Gasteiger partial charge in [-0.15, -0.1) is 0 Å². The number of rotatable bonds is 1. The lowest BCUT2D eigenvalue weighted by Gasteiger charge is -2.12. The van der Waals surface area contributed by atoms with Gasteiger partial charge in [-0.05, 0) is 12.1 Å². The zero-order valence-corrected chi connectivity index (χ0v) is 8.28. The number of pyridine rings is 1. The molecule has 0 aliphatic heterocycles. The fourth-order valence-corrected chi connectivity index (χ4v) is 1.51. The first-order valence-electron chi connectivity index (χ1n) is 4.58. The van der Waals surface area contributed by atoms with Crippen molar-refractivity contribution in [2.24, 2.45) is 0 Å². The van der Waals surface area contributed by atoms with Crippen molar-refractivity contribution in [1.29, 1.82) is 0 Å². The van der Waals surface area contributed by atoms with E-state index in [1.807, 2.05) is 0 Å². The molecule has 1 aromatic heterocycles. The molecule has 0 amide bonds. The summed E-state index contributed by atoms with van der Waals surface area (Å²) in [5.74, 6) is -1.73. The van der Waals surface area contributed by atoms with Crippen molar-refractivity contribution in [2.75, 3.05) is 0 Å². The van der Waals surface area contributed by atoms with Crippen molar-refractivity contribution in [3.8, 4) is 0 Å². The minimum atomic E-state index is -4.63. The first-order chi connectivity index (χ1) is 7.89. The predicted molar refractivity (Wildman–Crippen MR) is 51.1 cm³/mol. The number of carbonyl (C=O) groups excluding carboxylic acids is 1. The topological polar surface area (TPSA) is 53.0 Å². The molecule has 0 bridgehead atoms. The largest absolute Gasteiger partial charge is 0.543 e. The van der Waals surface area contributed by atoms with Crippen LogP contribution in [0.5, 0.6) is 0 Å². The number of carboxylic acid groups (broad SMARTS) is 1. The lowest BCUT2D eigenvalue weighted by molar-refractivity contribution is -0.255. The highest BCUT2D eigenvalue weighted by Gasteiger charge is 2.33. The van der Waals surface area contributed by atoms with Crippen LogP contribution in [0.15, 0.2) is 30.3 Å². The summed E-state index contributed by atoms with van der Waals surface area (Å²) in [6.45, 7) is 0. The zero-order valence-electron chi connectivity index (χ0n) is 8.28. The van der Waals surface area contributed by atoms with E-state index in [2.05, 4.69) is 4.98 Å². The predicted octanol–water partition coefficient (Wildman–Crippen LogP) is 1.62. The number of hydrogen-bond donors (Lipinski definition) is 0. The van der Waals surface area contributed by atoms with Crippen LogP contribution >= 0.6 is 0 Å². The molecule has 6 heteroatoms. The molecule has 0 atom stereocenters. The second kappa shape index (κ2) is 3.73. The molecule has 0 radical (unpaired) electrons.